The van der Waals surface area contributed by atoms with Gasteiger partial charge in [0.1, 0.15) is 0 Å². The molecule has 1 saturated heterocycles. The average molecular weight is 514 g/mol. The van der Waals surface area contributed by atoms with E-state index in [0.717, 1.165) is 11.1 Å². The molecule has 0 spiro atoms. The van der Waals surface area contributed by atoms with Crippen LogP contribution in [0.2, 0.25) is 5.02 Å². The van der Waals surface area contributed by atoms with Gasteiger partial charge in [0, 0.05) is 61.9 Å². The minimum absolute atomic E-state index is 0.173. The summed E-state index contributed by atoms with van der Waals surface area (Å²) >= 11 is 5.99. The van der Waals surface area contributed by atoms with E-state index in [9.17, 15) is 13.2 Å². The van der Waals surface area contributed by atoms with Crippen molar-refractivity contribution in [3.8, 4) is 0 Å². The maximum absolute atomic E-state index is 13.2. The van der Waals surface area contributed by atoms with Crippen molar-refractivity contribution in [2.45, 2.75) is 24.4 Å². The van der Waals surface area contributed by atoms with Crippen LogP contribution in [0.15, 0.2) is 78.0 Å². The van der Waals surface area contributed by atoms with Crippen molar-refractivity contribution in [2.24, 2.45) is 0 Å². The molecule has 2 heterocycles. The van der Waals surface area contributed by atoms with E-state index in [2.05, 4.69) is 27.4 Å². The van der Waals surface area contributed by atoms with E-state index < -0.39 is 10.0 Å². The number of pyridine rings is 1. The number of nitrogens with zero attached hydrogens (tertiary/aromatic N) is 3. The first-order chi connectivity index (χ1) is 16.8. The first-order valence-electron chi connectivity index (χ1n) is 11.4. The fraction of sp³-hybridized carbons (Fsp3) is 0.280. The van der Waals surface area contributed by atoms with Gasteiger partial charge in [-0.05, 0) is 60.5 Å². The molecule has 10 heteroatoms. The predicted molar refractivity (Wildman–Crippen MR) is 137 cm³/mol. The highest BCUT2D eigenvalue weighted by atomic mass is 35.5. The Morgan fingerprint density at radius 3 is 2.34 bits per heavy atom. The molecule has 4 rings (SSSR count). The van der Waals surface area contributed by atoms with Gasteiger partial charge in [0.05, 0.1) is 4.90 Å². The lowest BCUT2D eigenvalue weighted by molar-refractivity contribution is 0.146. The van der Waals surface area contributed by atoms with Gasteiger partial charge in [-0.1, -0.05) is 29.8 Å². The Bertz CT molecular complexity index is 1230. The lowest BCUT2D eigenvalue weighted by Crippen LogP contribution is -2.49. The number of carbonyl (C=O) groups is 1. The highest BCUT2D eigenvalue weighted by molar-refractivity contribution is 7.89. The summed E-state index contributed by atoms with van der Waals surface area (Å²) in [5.74, 6) is 0. The van der Waals surface area contributed by atoms with Crippen LogP contribution in [0.1, 0.15) is 24.1 Å². The van der Waals surface area contributed by atoms with Crippen LogP contribution in [0.25, 0.3) is 0 Å². The molecule has 0 bridgehead atoms. The summed E-state index contributed by atoms with van der Waals surface area (Å²) in [6, 6.07) is 17.4. The molecule has 0 radical (unpaired) electrons. The molecule has 2 aromatic carbocycles. The van der Waals surface area contributed by atoms with E-state index >= 15 is 0 Å². The summed E-state index contributed by atoms with van der Waals surface area (Å²) < 4.78 is 27.8. The molecular formula is C25H28ClN5O3S. The van der Waals surface area contributed by atoms with Crippen molar-refractivity contribution in [1.82, 2.24) is 19.5 Å². The monoisotopic (exact) mass is 513 g/mol. The second-order valence-electron chi connectivity index (χ2n) is 8.36. The van der Waals surface area contributed by atoms with Gasteiger partial charge >= 0.3 is 6.03 Å². The number of hydrogen-bond donors (Lipinski definition) is 2. The van der Waals surface area contributed by atoms with Crippen molar-refractivity contribution in [1.29, 1.82) is 0 Å². The van der Waals surface area contributed by atoms with E-state index in [0.29, 0.717) is 43.4 Å². The maximum atomic E-state index is 13.2. The molecule has 184 valence electrons. The molecule has 1 aliphatic rings. The molecule has 1 aromatic heterocycles. The zero-order valence-electron chi connectivity index (χ0n) is 19.4. The number of benzene rings is 2. The third-order valence-electron chi connectivity index (χ3n) is 6.10. The van der Waals surface area contributed by atoms with Gasteiger partial charge in [0.25, 0.3) is 0 Å². The summed E-state index contributed by atoms with van der Waals surface area (Å²) in [4.78, 5) is 18.6. The summed E-state index contributed by atoms with van der Waals surface area (Å²) in [6.45, 7) is 4.56. The van der Waals surface area contributed by atoms with Crippen LogP contribution in [-0.4, -0.2) is 54.8 Å². The Morgan fingerprint density at radius 1 is 1.03 bits per heavy atom. The van der Waals surface area contributed by atoms with E-state index in [1.807, 2.05) is 30.3 Å². The number of nitrogens with one attached hydrogen (secondary N) is 2. The molecular weight excluding hydrogens is 486 g/mol. The molecule has 2 N–H and O–H groups in total. The minimum atomic E-state index is -3.62. The fourth-order valence-electron chi connectivity index (χ4n) is 4.00. The molecule has 35 heavy (non-hydrogen) atoms. The van der Waals surface area contributed by atoms with Gasteiger partial charge in [-0.15, -0.1) is 0 Å². The van der Waals surface area contributed by atoms with Gasteiger partial charge in [0.15, 0.2) is 0 Å². The third-order valence-corrected chi connectivity index (χ3v) is 8.26. The van der Waals surface area contributed by atoms with Crippen LogP contribution in [0, 0.1) is 0 Å². The second kappa shape index (κ2) is 11.2. The number of sulfonamides is 1. The van der Waals surface area contributed by atoms with Crippen molar-refractivity contribution in [2.75, 3.05) is 31.5 Å². The van der Waals surface area contributed by atoms with Crippen molar-refractivity contribution in [3.05, 3.63) is 89.2 Å². The normalized spacial score (nSPS) is 15.9. The lowest BCUT2D eigenvalue weighted by atomic mass is 10.1. The van der Waals surface area contributed by atoms with Crippen LogP contribution in [0.5, 0.6) is 0 Å². The zero-order valence-corrected chi connectivity index (χ0v) is 21.0. The van der Waals surface area contributed by atoms with E-state index in [4.69, 9.17) is 11.6 Å². The van der Waals surface area contributed by atoms with E-state index in [1.165, 1.54) is 16.4 Å². The number of urea groups is 1. The number of halogens is 1. The molecule has 8 nitrogen and oxygen atoms in total. The van der Waals surface area contributed by atoms with Crippen LogP contribution in [0.4, 0.5) is 10.5 Å². The minimum Gasteiger partial charge on any atom is -0.334 e. The quantitative estimate of drug-likeness (QED) is 0.495. The largest absolute Gasteiger partial charge is 0.334 e. The number of rotatable bonds is 7. The van der Waals surface area contributed by atoms with Crippen LogP contribution >= 0.6 is 11.6 Å². The second-order valence-corrected chi connectivity index (χ2v) is 10.7. The Kier molecular flexibility index (Phi) is 8.02. The third kappa shape index (κ3) is 6.37. The molecule has 2 amide bonds. The predicted octanol–water partition coefficient (Wildman–Crippen LogP) is 4.12. The molecule has 1 fully saturated rings. The summed E-state index contributed by atoms with van der Waals surface area (Å²) in [7, 11) is -3.62. The van der Waals surface area contributed by atoms with Crippen molar-refractivity contribution >= 4 is 33.3 Å². The summed E-state index contributed by atoms with van der Waals surface area (Å²) in [6.07, 6.45) is 3.35. The smallest absolute Gasteiger partial charge is 0.319 e. The molecule has 0 aliphatic carbocycles. The van der Waals surface area contributed by atoms with Crippen LogP contribution in [0.3, 0.4) is 0 Å². The number of hydrogen-bond acceptors (Lipinski definition) is 5. The Hall–Kier alpha value is -2.98. The van der Waals surface area contributed by atoms with Crippen molar-refractivity contribution in [3.63, 3.8) is 0 Å². The molecule has 1 aliphatic heterocycles. The first-order valence-corrected chi connectivity index (χ1v) is 13.2. The Morgan fingerprint density at radius 2 is 1.71 bits per heavy atom. The topological polar surface area (TPSA) is 94.6 Å². The first kappa shape index (κ1) is 25.1. The molecule has 1 atom stereocenters. The zero-order chi connectivity index (χ0) is 24.8. The number of anilines is 1. The number of piperazine rings is 1. The summed E-state index contributed by atoms with van der Waals surface area (Å²) in [5, 5.41) is 6.16. The van der Waals surface area contributed by atoms with Gasteiger partial charge in [-0.2, -0.15) is 4.31 Å². The summed E-state index contributed by atoms with van der Waals surface area (Å²) in [5.41, 5.74) is 2.54. The standard InChI is InChI=1S/C25H28ClN5O3S/c1-19(21-4-6-22(26)7-5-21)30-13-15-31(16-14-30)35(33,34)24-10-8-23(9-11-24)29-25(32)28-18-20-3-2-12-27-17-20/h2-12,17,19H,13-16,18H2,1H3,(H2,28,29,32)/t19-/m1/s1. The SMILES string of the molecule is C[C@H](c1ccc(Cl)cc1)N1CCN(S(=O)(=O)c2ccc(NC(=O)NCc3cccnc3)cc2)CC1. The average Bonchev–Trinajstić information content (AvgIpc) is 2.88. The van der Waals surface area contributed by atoms with Gasteiger partial charge in [-0.3, -0.25) is 9.88 Å². The number of aromatic nitrogens is 1. The van der Waals surface area contributed by atoms with Crippen LogP contribution in [-0.2, 0) is 16.6 Å². The van der Waals surface area contributed by atoms with Crippen LogP contribution < -0.4 is 10.6 Å². The van der Waals surface area contributed by atoms with Gasteiger partial charge in [-0.25, -0.2) is 13.2 Å². The Balaban J connectivity index is 1.31. The maximum Gasteiger partial charge on any atom is 0.319 e. The molecule has 0 saturated carbocycles. The van der Waals surface area contributed by atoms with Gasteiger partial charge < -0.3 is 10.6 Å². The number of carbonyl (C=O) groups excluding carboxylic acids is 1. The fourth-order valence-corrected chi connectivity index (χ4v) is 5.55. The lowest BCUT2D eigenvalue weighted by Gasteiger charge is -2.37. The number of amides is 2. The molecule has 3 aromatic rings. The Labute approximate surface area is 211 Å². The van der Waals surface area contributed by atoms with Gasteiger partial charge in [0.2, 0.25) is 10.0 Å². The highest BCUT2D eigenvalue weighted by Crippen LogP contribution is 2.25. The molecule has 0 unspecified atom stereocenters. The van der Waals surface area contributed by atoms with E-state index in [1.54, 1.807) is 30.6 Å². The van der Waals surface area contributed by atoms with Crippen molar-refractivity contribution < 1.29 is 13.2 Å². The van der Waals surface area contributed by atoms with E-state index in [-0.39, 0.29) is 17.0 Å². The highest BCUT2D eigenvalue weighted by Gasteiger charge is 2.30.